The highest BCUT2D eigenvalue weighted by Crippen LogP contribution is 2.22. The van der Waals surface area contributed by atoms with Crippen LogP contribution in [-0.4, -0.2) is 29.4 Å². The van der Waals surface area contributed by atoms with Crippen LogP contribution in [0.4, 0.5) is 13.2 Å². The van der Waals surface area contributed by atoms with E-state index in [-0.39, 0.29) is 12.2 Å². The topological polar surface area (TPSA) is 64.8 Å². The lowest BCUT2D eigenvalue weighted by molar-refractivity contribution is -0.142. The number of nitrogens with zero attached hydrogens (tertiary/aromatic N) is 3. The number of halogens is 4. The molecule has 0 unspecified atom stereocenters. The summed E-state index contributed by atoms with van der Waals surface area (Å²) in [6.45, 7) is 0.0476. The third-order valence-corrected chi connectivity index (χ3v) is 2.82. The second-order valence-electron chi connectivity index (χ2n) is 2.89. The van der Waals surface area contributed by atoms with E-state index in [0.29, 0.717) is 4.57 Å². The largest absolute Gasteiger partial charge is 0.406 e. The van der Waals surface area contributed by atoms with Gasteiger partial charge in [0.05, 0.1) is 0 Å². The zero-order valence-electron chi connectivity index (χ0n) is 7.99. The molecule has 5 nitrogen and oxygen atoms in total. The lowest BCUT2D eigenvalue weighted by atomic mass is 10.4. The van der Waals surface area contributed by atoms with E-state index >= 15 is 0 Å². The Morgan fingerprint density at radius 1 is 1.38 bits per heavy atom. The first-order valence-electron chi connectivity index (χ1n) is 4.08. The Balaban J connectivity index is 3.28. The smallest absolute Gasteiger partial charge is 0.292 e. The standard InChI is InChI=1S/C6H7ClF3N3O2S/c1-2-4-11-12-5(16(7,14)15)13(4)3-6(8,9)10/h2-3H2,1H3. The van der Waals surface area contributed by atoms with Gasteiger partial charge in [0, 0.05) is 17.1 Å². The molecule has 1 aromatic heterocycles. The van der Waals surface area contributed by atoms with Crippen molar-refractivity contribution in [3.05, 3.63) is 5.82 Å². The number of hydrogen-bond donors (Lipinski definition) is 0. The van der Waals surface area contributed by atoms with Gasteiger partial charge in [0.2, 0.25) is 0 Å². The SMILES string of the molecule is CCc1nnc(S(=O)(=O)Cl)n1CC(F)(F)F. The predicted molar refractivity (Wildman–Crippen MR) is 48.5 cm³/mol. The maximum Gasteiger partial charge on any atom is 0.406 e. The summed E-state index contributed by atoms with van der Waals surface area (Å²) in [4.78, 5) is 0. The van der Waals surface area contributed by atoms with Crippen molar-refractivity contribution in [1.29, 1.82) is 0 Å². The number of alkyl halides is 3. The molecule has 1 heterocycles. The molecule has 0 saturated heterocycles. The molecule has 0 N–H and O–H groups in total. The summed E-state index contributed by atoms with van der Waals surface area (Å²) < 4.78 is 58.9. The quantitative estimate of drug-likeness (QED) is 0.782. The van der Waals surface area contributed by atoms with E-state index in [0.717, 1.165) is 0 Å². The molecule has 1 aromatic rings. The van der Waals surface area contributed by atoms with Gasteiger partial charge in [0.25, 0.3) is 14.2 Å². The summed E-state index contributed by atoms with van der Waals surface area (Å²) >= 11 is 0. The molecule has 0 aliphatic rings. The lowest BCUT2D eigenvalue weighted by Gasteiger charge is -2.10. The molecular weight excluding hydrogens is 271 g/mol. The minimum absolute atomic E-state index is 0.0865. The van der Waals surface area contributed by atoms with Crippen molar-refractivity contribution in [3.8, 4) is 0 Å². The van der Waals surface area contributed by atoms with Gasteiger partial charge in [-0.05, 0) is 0 Å². The number of rotatable bonds is 3. The minimum atomic E-state index is -4.57. The molecule has 0 saturated carbocycles. The van der Waals surface area contributed by atoms with Crippen molar-refractivity contribution in [2.75, 3.05) is 0 Å². The van der Waals surface area contributed by atoms with Crippen LogP contribution in [0.5, 0.6) is 0 Å². The van der Waals surface area contributed by atoms with Gasteiger partial charge < -0.3 is 0 Å². The van der Waals surface area contributed by atoms with E-state index in [9.17, 15) is 21.6 Å². The Labute approximate surface area is 93.6 Å². The van der Waals surface area contributed by atoms with Gasteiger partial charge in [-0.2, -0.15) is 13.2 Å². The van der Waals surface area contributed by atoms with E-state index < -0.39 is 26.9 Å². The highest BCUT2D eigenvalue weighted by atomic mass is 35.7. The fourth-order valence-electron chi connectivity index (χ4n) is 1.10. The van der Waals surface area contributed by atoms with Crippen molar-refractivity contribution in [3.63, 3.8) is 0 Å². The monoisotopic (exact) mass is 277 g/mol. The van der Waals surface area contributed by atoms with Gasteiger partial charge in [-0.1, -0.05) is 6.92 Å². The number of aryl methyl sites for hydroxylation is 1. The average molecular weight is 278 g/mol. The first-order valence-corrected chi connectivity index (χ1v) is 6.39. The van der Waals surface area contributed by atoms with Gasteiger partial charge >= 0.3 is 6.18 Å². The van der Waals surface area contributed by atoms with Crippen LogP contribution in [0.25, 0.3) is 0 Å². The second kappa shape index (κ2) is 4.21. The Hall–Kier alpha value is -0.830. The molecule has 1 rings (SSSR count). The van der Waals surface area contributed by atoms with Crippen molar-refractivity contribution in [2.24, 2.45) is 0 Å². The molecule has 0 fully saturated rings. The van der Waals surface area contributed by atoms with Crippen molar-refractivity contribution in [1.82, 2.24) is 14.8 Å². The molecule has 10 heteroatoms. The Morgan fingerprint density at radius 2 is 1.94 bits per heavy atom. The summed E-state index contributed by atoms with van der Waals surface area (Å²) in [5.74, 6) is -0.0865. The molecule has 0 aliphatic carbocycles. The van der Waals surface area contributed by atoms with Crippen LogP contribution in [0, 0.1) is 0 Å². The minimum Gasteiger partial charge on any atom is -0.292 e. The van der Waals surface area contributed by atoms with Gasteiger partial charge in [-0.3, -0.25) is 4.57 Å². The summed E-state index contributed by atoms with van der Waals surface area (Å²) in [5.41, 5.74) is 0. The number of hydrogen-bond acceptors (Lipinski definition) is 4. The van der Waals surface area contributed by atoms with Crippen LogP contribution >= 0.6 is 10.7 Å². The number of aromatic nitrogens is 3. The molecule has 0 aromatic carbocycles. The average Bonchev–Trinajstić information content (AvgIpc) is 2.43. The van der Waals surface area contributed by atoms with Crippen LogP contribution in [0.3, 0.4) is 0 Å². The van der Waals surface area contributed by atoms with E-state index in [1.807, 2.05) is 0 Å². The third-order valence-electron chi connectivity index (χ3n) is 1.67. The Bertz CT molecular complexity index is 482. The van der Waals surface area contributed by atoms with Gasteiger partial charge in [-0.15, -0.1) is 10.2 Å². The van der Waals surface area contributed by atoms with Crippen LogP contribution < -0.4 is 0 Å². The first kappa shape index (κ1) is 13.2. The molecule has 16 heavy (non-hydrogen) atoms. The Kier molecular flexibility index (Phi) is 3.48. The molecule has 0 atom stereocenters. The van der Waals surface area contributed by atoms with Crippen molar-refractivity contribution >= 4 is 19.7 Å². The molecule has 92 valence electrons. The zero-order valence-corrected chi connectivity index (χ0v) is 9.56. The maximum atomic E-state index is 12.2. The molecule has 0 bridgehead atoms. The molecule has 0 amide bonds. The molecule has 0 radical (unpaired) electrons. The summed E-state index contributed by atoms with van der Waals surface area (Å²) in [5, 5.41) is 5.58. The van der Waals surface area contributed by atoms with E-state index in [1.54, 1.807) is 0 Å². The highest BCUT2D eigenvalue weighted by Gasteiger charge is 2.33. The predicted octanol–water partition coefficient (Wildman–Crippen LogP) is 1.33. The molecular formula is C6H7ClF3N3O2S. The van der Waals surface area contributed by atoms with Crippen LogP contribution in [0.15, 0.2) is 5.16 Å². The van der Waals surface area contributed by atoms with Crippen molar-refractivity contribution in [2.45, 2.75) is 31.2 Å². The zero-order chi connectivity index (χ0) is 12.6. The van der Waals surface area contributed by atoms with Crippen LogP contribution in [0.2, 0.25) is 0 Å². The van der Waals surface area contributed by atoms with E-state index in [2.05, 4.69) is 10.2 Å². The normalized spacial score (nSPS) is 13.1. The van der Waals surface area contributed by atoms with E-state index in [1.165, 1.54) is 6.92 Å². The van der Waals surface area contributed by atoms with Crippen LogP contribution in [-0.2, 0) is 22.0 Å². The fraction of sp³-hybridized carbons (Fsp3) is 0.667. The fourth-order valence-corrected chi connectivity index (χ4v) is 2.01. The highest BCUT2D eigenvalue weighted by molar-refractivity contribution is 8.13. The summed E-state index contributed by atoms with van der Waals surface area (Å²) in [6, 6.07) is 0. The van der Waals surface area contributed by atoms with Gasteiger partial charge in [-0.25, -0.2) is 8.42 Å². The molecule has 0 aliphatic heterocycles. The summed E-state index contributed by atoms with van der Waals surface area (Å²) in [6.07, 6.45) is -4.45. The third kappa shape index (κ3) is 3.08. The van der Waals surface area contributed by atoms with Crippen LogP contribution in [0.1, 0.15) is 12.7 Å². The van der Waals surface area contributed by atoms with Crippen molar-refractivity contribution < 1.29 is 21.6 Å². The van der Waals surface area contributed by atoms with Gasteiger partial charge in [0.15, 0.2) is 0 Å². The lowest BCUT2D eigenvalue weighted by Crippen LogP contribution is -2.21. The Morgan fingerprint density at radius 3 is 2.31 bits per heavy atom. The first-order chi connectivity index (χ1) is 7.15. The second-order valence-corrected chi connectivity index (χ2v) is 5.35. The maximum absolute atomic E-state index is 12.2. The molecule has 0 spiro atoms. The van der Waals surface area contributed by atoms with E-state index in [4.69, 9.17) is 10.7 Å². The van der Waals surface area contributed by atoms with Gasteiger partial charge in [0.1, 0.15) is 12.4 Å². The summed E-state index contributed by atoms with van der Waals surface area (Å²) in [7, 11) is 0.611.